The van der Waals surface area contributed by atoms with E-state index in [0.717, 1.165) is 29.1 Å². The third-order valence-electron chi connectivity index (χ3n) is 5.12. The number of nitrogens with one attached hydrogen (secondary N) is 2. The zero-order valence-corrected chi connectivity index (χ0v) is 16.9. The Kier molecular flexibility index (Phi) is 5.25. The van der Waals surface area contributed by atoms with Gasteiger partial charge in [-0.3, -0.25) is 0 Å². The molecule has 0 aliphatic carbocycles. The molecule has 0 atom stereocenters. The number of aromatic amines is 1. The van der Waals surface area contributed by atoms with Gasteiger partial charge in [-0.2, -0.15) is 0 Å². The highest BCUT2D eigenvalue weighted by molar-refractivity contribution is 6.18. The first-order valence-electron chi connectivity index (χ1n) is 9.54. The number of allylic oxidation sites excluding steroid dienone is 1. The summed E-state index contributed by atoms with van der Waals surface area (Å²) in [6.45, 7) is 0. The van der Waals surface area contributed by atoms with Crippen LogP contribution in [0.25, 0.3) is 33.5 Å². The number of benzene rings is 2. The molecule has 0 aliphatic rings. The van der Waals surface area contributed by atoms with Crippen LogP contribution in [0.3, 0.4) is 0 Å². The van der Waals surface area contributed by atoms with E-state index < -0.39 is 11.6 Å². The first-order chi connectivity index (χ1) is 14.9. The van der Waals surface area contributed by atoms with Crippen LogP contribution < -0.4 is 4.90 Å². The Morgan fingerprint density at radius 1 is 1.06 bits per heavy atom. The molecule has 0 bridgehead atoms. The zero-order chi connectivity index (χ0) is 22.1. The fraction of sp³-hybridized carbons (Fsp3) is 0.0833. The third kappa shape index (κ3) is 3.66. The summed E-state index contributed by atoms with van der Waals surface area (Å²) in [4.78, 5) is 9.40. The molecule has 2 aromatic carbocycles. The van der Waals surface area contributed by atoms with Crippen LogP contribution in [0.5, 0.6) is 0 Å². The number of halogens is 2. The maximum Gasteiger partial charge on any atom is 0.166 e. The summed E-state index contributed by atoms with van der Waals surface area (Å²) in [7, 11) is 3.91. The molecular weight excluding hydrogens is 398 g/mol. The van der Waals surface area contributed by atoms with E-state index >= 15 is 0 Å². The number of fused-ring (bicyclic) bond motifs is 1. The van der Waals surface area contributed by atoms with Gasteiger partial charge < -0.3 is 20.4 Å². The molecule has 4 aromatic rings. The molecule has 4 rings (SSSR count). The van der Waals surface area contributed by atoms with Crippen molar-refractivity contribution in [1.82, 2.24) is 9.97 Å². The second-order valence-corrected chi connectivity index (χ2v) is 7.28. The molecule has 0 amide bonds. The molecule has 2 heterocycles. The lowest BCUT2D eigenvalue weighted by molar-refractivity contribution is 0.503. The number of pyridine rings is 1. The van der Waals surface area contributed by atoms with Crippen molar-refractivity contribution in [1.29, 1.82) is 5.41 Å². The first-order valence-corrected chi connectivity index (χ1v) is 9.54. The van der Waals surface area contributed by atoms with Gasteiger partial charge in [-0.1, -0.05) is 24.3 Å². The van der Waals surface area contributed by atoms with Crippen molar-refractivity contribution in [3.05, 3.63) is 83.7 Å². The Morgan fingerprint density at radius 3 is 2.58 bits per heavy atom. The topological polar surface area (TPSA) is 76.0 Å². The van der Waals surface area contributed by atoms with Crippen LogP contribution in [-0.4, -0.2) is 35.4 Å². The fourth-order valence-corrected chi connectivity index (χ4v) is 3.45. The highest BCUT2D eigenvalue weighted by Crippen LogP contribution is 2.32. The molecule has 0 radical (unpaired) electrons. The van der Waals surface area contributed by atoms with E-state index in [9.17, 15) is 13.9 Å². The van der Waals surface area contributed by atoms with Crippen molar-refractivity contribution in [3.63, 3.8) is 0 Å². The van der Waals surface area contributed by atoms with Crippen molar-refractivity contribution in [2.45, 2.75) is 0 Å². The lowest BCUT2D eigenvalue weighted by Gasteiger charge is -2.13. The largest absolute Gasteiger partial charge is 0.507 e. The van der Waals surface area contributed by atoms with E-state index in [1.807, 2.05) is 49.3 Å². The van der Waals surface area contributed by atoms with E-state index in [1.165, 1.54) is 18.3 Å². The lowest BCUT2D eigenvalue weighted by atomic mass is 10.00. The number of aromatic nitrogens is 2. The van der Waals surface area contributed by atoms with Crippen molar-refractivity contribution in [2.24, 2.45) is 0 Å². The number of anilines is 1. The Labute approximate surface area is 177 Å². The Hall–Kier alpha value is -4.00. The summed E-state index contributed by atoms with van der Waals surface area (Å²) in [6, 6.07) is 13.4. The minimum absolute atomic E-state index is 0.127. The van der Waals surface area contributed by atoms with Crippen LogP contribution in [0.1, 0.15) is 11.1 Å². The number of aliphatic hydroxyl groups excluding tert-OH is 1. The SMILES string of the molecule is CN(C)c1cccc(-c2cnc3[nH]cc(/C(O)=C(/C=N)c4cccc(F)c4F)c3c2)c1. The van der Waals surface area contributed by atoms with Gasteiger partial charge in [-0.25, -0.2) is 13.8 Å². The Balaban J connectivity index is 1.87. The molecule has 0 fully saturated rings. The average Bonchev–Trinajstić information content (AvgIpc) is 3.20. The molecule has 0 spiro atoms. The number of rotatable bonds is 5. The number of aliphatic hydroxyl groups is 1. The highest BCUT2D eigenvalue weighted by Gasteiger charge is 2.18. The zero-order valence-electron chi connectivity index (χ0n) is 16.9. The predicted molar refractivity (Wildman–Crippen MR) is 120 cm³/mol. The molecule has 31 heavy (non-hydrogen) atoms. The molecule has 0 aliphatic heterocycles. The summed E-state index contributed by atoms with van der Waals surface area (Å²) in [6.07, 6.45) is 4.07. The van der Waals surface area contributed by atoms with Crippen LogP contribution in [0, 0.1) is 17.0 Å². The summed E-state index contributed by atoms with van der Waals surface area (Å²) in [5.74, 6) is -2.51. The number of H-pyrrole nitrogens is 1. The van der Waals surface area contributed by atoms with Crippen molar-refractivity contribution in [2.75, 3.05) is 19.0 Å². The minimum Gasteiger partial charge on any atom is -0.507 e. The maximum absolute atomic E-state index is 14.3. The molecule has 2 aromatic heterocycles. The molecule has 7 heteroatoms. The van der Waals surface area contributed by atoms with Crippen LogP contribution in [0.4, 0.5) is 14.5 Å². The monoisotopic (exact) mass is 418 g/mol. The van der Waals surface area contributed by atoms with Crippen LogP contribution in [0.2, 0.25) is 0 Å². The average molecular weight is 418 g/mol. The van der Waals surface area contributed by atoms with Gasteiger partial charge in [-0.15, -0.1) is 0 Å². The second-order valence-electron chi connectivity index (χ2n) is 7.28. The van der Waals surface area contributed by atoms with E-state index in [0.29, 0.717) is 16.6 Å². The highest BCUT2D eigenvalue weighted by atomic mass is 19.2. The number of hydrogen-bond acceptors (Lipinski definition) is 4. The van der Waals surface area contributed by atoms with Crippen molar-refractivity contribution in [3.8, 4) is 11.1 Å². The molecular formula is C24H20F2N4O. The van der Waals surface area contributed by atoms with E-state index in [2.05, 4.69) is 9.97 Å². The van der Waals surface area contributed by atoms with Crippen LogP contribution in [0.15, 0.2) is 60.9 Å². The van der Waals surface area contributed by atoms with Gasteiger partial charge in [0.25, 0.3) is 0 Å². The number of hydrogen-bond donors (Lipinski definition) is 3. The standard InChI is InChI=1S/C24H20F2N4O/c1-30(2)16-6-3-5-14(9-16)15-10-18-20(13-29-24(18)28-12-15)23(31)19(11-27)17-7-4-8-21(25)22(17)26/h3-13,27,31H,1-2H3,(H,28,29)/b23-19+,27-11?. The van der Waals surface area contributed by atoms with Crippen molar-refractivity contribution >= 4 is 34.3 Å². The van der Waals surface area contributed by atoms with Gasteiger partial charge in [0.15, 0.2) is 11.6 Å². The van der Waals surface area contributed by atoms with E-state index in [1.54, 1.807) is 6.20 Å². The molecule has 156 valence electrons. The molecule has 5 nitrogen and oxygen atoms in total. The van der Waals surface area contributed by atoms with E-state index in [-0.39, 0.29) is 16.9 Å². The smallest absolute Gasteiger partial charge is 0.166 e. The lowest BCUT2D eigenvalue weighted by Crippen LogP contribution is -2.08. The van der Waals surface area contributed by atoms with Crippen LogP contribution >= 0.6 is 0 Å². The first kappa shape index (κ1) is 20.3. The molecule has 0 saturated carbocycles. The van der Waals surface area contributed by atoms with Gasteiger partial charge in [0.2, 0.25) is 0 Å². The Morgan fingerprint density at radius 2 is 1.84 bits per heavy atom. The molecule has 0 saturated heterocycles. The predicted octanol–water partition coefficient (Wildman–Crippen LogP) is 5.65. The maximum atomic E-state index is 14.3. The summed E-state index contributed by atoms with van der Waals surface area (Å²) in [5, 5.41) is 19.2. The van der Waals surface area contributed by atoms with Crippen LogP contribution in [-0.2, 0) is 0 Å². The molecule has 0 unspecified atom stereocenters. The van der Waals surface area contributed by atoms with Gasteiger partial charge in [0, 0.05) is 66.0 Å². The summed E-state index contributed by atoms with van der Waals surface area (Å²) in [5.41, 5.74) is 3.36. The van der Waals surface area contributed by atoms with E-state index in [4.69, 9.17) is 5.41 Å². The van der Waals surface area contributed by atoms with Crippen molar-refractivity contribution < 1.29 is 13.9 Å². The van der Waals surface area contributed by atoms with Gasteiger partial charge >= 0.3 is 0 Å². The van der Waals surface area contributed by atoms with Gasteiger partial charge in [0.1, 0.15) is 11.4 Å². The minimum atomic E-state index is -1.12. The summed E-state index contributed by atoms with van der Waals surface area (Å²) < 4.78 is 28.0. The Bertz CT molecular complexity index is 1320. The van der Waals surface area contributed by atoms with Gasteiger partial charge in [0.05, 0.1) is 0 Å². The second kappa shape index (κ2) is 8.02. The normalized spacial score (nSPS) is 12.0. The summed E-state index contributed by atoms with van der Waals surface area (Å²) >= 11 is 0. The fourth-order valence-electron chi connectivity index (χ4n) is 3.45. The van der Waals surface area contributed by atoms with Gasteiger partial charge in [-0.05, 0) is 29.8 Å². The number of nitrogens with zero attached hydrogens (tertiary/aromatic N) is 2. The third-order valence-corrected chi connectivity index (χ3v) is 5.12. The molecule has 3 N–H and O–H groups in total. The quantitative estimate of drug-likeness (QED) is 0.290.